The van der Waals surface area contributed by atoms with Gasteiger partial charge < -0.3 is 14.0 Å². The van der Waals surface area contributed by atoms with E-state index in [0.29, 0.717) is 41.6 Å². The van der Waals surface area contributed by atoms with Crippen LogP contribution in [0.5, 0.6) is 5.75 Å². The Balaban J connectivity index is 2.00. The maximum Gasteiger partial charge on any atom is 0.264 e. The molecule has 0 fully saturated rings. The summed E-state index contributed by atoms with van der Waals surface area (Å²) in [5.41, 5.74) is 3.86. The molecule has 0 aliphatic rings. The van der Waals surface area contributed by atoms with Crippen molar-refractivity contribution in [3.8, 4) is 17.0 Å². The van der Waals surface area contributed by atoms with Crippen LogP contribution in [-0.4, -0.2) is 61.7 Å². The van der Waals surface area contributed by atoms with E-state index < -0.39 is 10.1 Å². The van der Waals surface area contributed by atoms with E-state index in [1.54, 1.807) is 7.11 Å². The van der Waals surface area contributed by atoms with E-state index in [4.69, 9.17) is 13.9 Å². The van der Waals surface area contributed by atoms with Crippen LogP contribution in [0.2, 0.25) is 0 Å². The van der Waals surface area contributed by atoms with Crippen LogP contribution in [0, 0.1) is 11.8 Å². The molecule has 208 valence electrons. The molecule has 0 aliphatic carbocycles. The molecule has 0 unspecified atom stereocenters. The number of pyridine rings is 1. The van der Waals surface area contributed by atoms with Crippen LogP contribution in [0.3, 0.4) is 0 Å². The number of aromatic nitrogens is 2. The van der Waals surface area contributed by atoms with Gasteiger partial charge in [-0.25, -0.2) is 4.98 Å². The first kappa shape index (κ1) is 29.6. The highest BCUT2D eigenvalue weighted by molar-refractivity contribution is 7.85. The molecule has 1 amide bonds. The van der Waals surface area contributed by atoms with Crippen molar-refractivity contribution in [1.29, 1.82) is 0 Å². The fourth-order valence-electron chi connectivity index (χ4n) is 4.24. The highest BCUT2D eigenvalue weighted by Gasteiger charge is 2.20. The Morgan fingerprint density at radius 3 is 2.34 bits per heavy atom. The molecule has 0 saturated heterocycles. The highest BCUT2D eigenvalue weighted by Crippen LogP contribution is 2.29. The van der Waals surface area contributed by atoms with Crippen molar-refractivity contribution in [2.75, 3.05) is 33.1 Å². The lowest BCUT2D eigenvalue weighted by molar-refractivity contribution is 0.0740. The standard InChI is InChI=1S/C29H41N3O5S/c1-21(2)14-16-31(17-15-22(3)4)29(33)24-12-13-27-30-28(23-9-7-10-25(19-23)36-5)26(32(27)20-24)11-8-18-37-38(6,34)35/h7,9-10,12-13,19-22H,8,11,14-18H2,1-6H3. The van der Waals surface area contributed by atoms with Crippen LogP contribution in [0.1, 0.15) is 63.0 Å². The first-order valence-electron chi connectivity index (χ1n) is 13.3. The third-order valence-corrected chi connectivity index (χ3v) is 7.00. The molecule has 2 heterocycles. The number of carbonyl (C=O) groups is 1. The summed E-state index contributed by atoms with van der Waals surface area (Å²) in [4.78, 5) is 20.5. The molecule has 0 aliphatic heterocycles. The van der Waals surface area contributed by atoms with Gasteiger partial charge in [-0.2, -0.15) is 8.42 Å². The molecule has 0 saturated carbocycles. The lowest BCUT2D eigenvalue weighted by atomic mass is 10.1. The number of benzene rings is 1. The van der Waals surface area contributed by atoms with Gasteiger partial charge in [-0.05, 0) is 61.8 Å². The van der Waals surface area contributed by atoms with Crippen molar-refractivity contribution in [3.63, 3.8) is 0 Å². The molecular formula is C29H41N3O5S. The van der Waals surface area contributed by atoms with Gasteiger partial charge in [0.15, 0.2) is 0 Å². The average molecular weight is 544 g/mol. The van der Waals surface area contributed by atoms with E-state index in [-0.39, 0.29) is 12.5 Å². The lowest BCUT2D eigenvalue weighted by Gasteiger charge is -2.24. The number of methoxy groups -OCH3 is 1. The third-order valence-electron chi connectivity index (χ3n) is 6.40. The molecule has 1 aromatic carbocycles. The van der Waals surface area contributed by atoms with Crippen molar-refractivity contribution in [2.24, 2.45) is 11.8 Å². The van der Waals surface area contributed by atoms with Gasteiger partial charge in [-0.15, -0.1) is 0 Å². The van der Waals surface area contributed by atoms with Crippen LogP contribution in [0.15, 0.2) is 42.6 Å². The van der Waals surface area contributed by atoms with Crippen LogP contribution >= 0.6 is 0 Å². The molecule has 0 bridgehead atoms. The molecule has 2 aromatic heterocycles. The Bertz CT molecular complexity index is 1320. The number of aryl methyl sites for hydroxylation is 1. The molecular weight excluding hydrogens is 502 g/mol. The predicted molar refractivity (Wildman–Crippen MR) is 151 cm³/mol. The fraction of sp³-hybridized carbons (Fsp3) is 0.517. The number of hydrogen-bond acceptors (Lipinski definition) is 6. The third kappa shape index (κ3) is 8.30. The average Bonchev–Trinajstić information content (AvgIpc) is 3.23. The Morgan fingerprint density at radius 1 is 1.05 bits per heavy atom. The fourth-order valence-corrected chi connectivity index (χ4v) is 4.66. The summed E-state index contributed by atoms with van der Waals surface area (Å²) in [5, 5.41) is 0. The summed E-state index contributed by atoms with van der Waals surface area (Å²) in [6.45, 7) is 10.2. The van der Waals surface area contributed by atoms with Crippen LogP contribution in [0.4, 0.5) is 0 Å². The summed E-state index contributed by atoms with van der Waals surface area (Å²) in [6, 6.07) is 11.4. The number of amides is 1. The zero-order valence-corrected chi connectivity index (χ0v) is 24.3. The lowest BCUT2D eigenvalue weighted by Crippen LogP contribution is -2.34. The van der Waals surface area contributed by atoms with Gasteiger partial charge in [0.1, 0.15) is 11.4 Å². The van der Waals surface area contributed by atoms with E-state index in [2.05, 4.69) is 27.7 Å². The van der Waals surface area contributed by atoms with Crippen molar-refractivity contribution in [3.05, 3.63) is 53.9 Å². The summed E-state index contributed by atoms with van der Waals surface area (Å²) in [7, 11) is -1.90. The number of carbonyl (C=O) groups excluding carboxylic acids is 1. The van der Waals surface area contributed by atoms with Gasteiger partial charge in [0.25, 0.3) is 16.0 Å². The molecule has 0 spiro atoms. The normalized spacial score (nSPS) is 12.0. The molecule has 0 N–H and O–H groups in total. The minimum absolute atomic E-state index is 0.0104. The van der Waals surface area contributed by atoms with Gasteiger partial charge in [0.05, 0.1) is 36.9 Å². The number of ether oxygens (including phenoxy) is 1. The van der Waals surface area contributed by atoms with E-state index in [0.717, 1.165) is 49.1 Å². The highest BCUT2D eigenvalue weighted by atomic mass is 32.2. The van der Waals surface area contributed by atoms with Crippen molar-refractivity contribution >= 4 is 21.7 Å². The van der Waals surface area contributed by atoms with E-state index in [1.165, 1.54) is 0 Å². The second-order valence-corrected chi connectivity index (χ2v) is 12.2. The van der Waals surface area contributed by atoms with E-state index in [1.807, 2.05) is 51.9 Å². The van der Waals surface area contributed by atoms with Crippen LogP contribution < -0.4 is 4.74 Å². The summed E-state index contributed by atoms with van der Waals surface area (Å²) in [5.74, 6) is 1.74. The second-order valence-electron chi connectivity index (χ2n) is 10.6. The van der Waals surface area contributed by atoms with E-state index in [9.17, 15) is 13.2 Å². The van der Waals surface area contributed by atoms with Crippen molar-refractivity contribution in [1.82, 2.24) is 14.3 Å². The van der Waals surface area contributed by atoms with Gasteiger partial charge >= 0.3 is 0 Å². The zero-order valence-electron chi connectivity index (χ0n) is 23.4. The summed E-state index contributed by atoms with van der Waals surface area (Å²) in [6.07, 6.45) is 5.80. The number of rotatable bonds is 14. The van der Waals surface area contributed by atoms with E-state index >= 15 is 0 Å². The first-order chi connectivity index (χ1) is 18.0. The predicted octanol–water partition coefficient (Wildman–Crippen LogP) is 5.45. The van der Waals surface area contributed by atoms with Crippen molar-refractivity contribution < 1.29 is 22.1 Å². The Kier molecular flexibility index (Phi) is 10.3. The van der Waals surface area contributed by atoms with Gasteiger partial charge in [-0.1, -0.05) is 39.8 Å². The molecule has 8 nitrogen and oxygen atoms in total. The quantitative estimate of drug-likeness (QED) is 0.198. The van der Waals surface area contributed by atoms with Crippen molar-refractivity contribution in [2.45, 2.75) is 53.4 Å². The molecule has 0 radical (unpaired) electrons. The minimum Gasteiger partial charge on any atom is -0.497 e. The number of fused-ring (bicyclic) bond motifs is 1. The smallest absolute Gasteiger partial charge is 0.264 e. The van der Waals surface area contributed by atoms with Gasteiger partial charge in [0.2, 0.25) is 0 Å². The van der Waals surface area contributed by atoms with Crippen LogP contribution in [-0.2, 0) is 20.7 Å². The molecule has 0 atom stereocenters. The SMILES string of the molecule is COc1cccc(-c2nc3ccc(C(=O)N(CCC(C)C)CCC(C)C)cn3c2CCCOS(C)(=O)=O)c1. The Hall–Kier alpha value is -2.91. The first-order valence-corrected chi connectivity index (χ1v) is 15.1. The molecule has 9 heteroatoms. The Labute approximate surface area is 227 Å². The summed E-state index contributed by atoms with van der Waals surface area (Å²) >= 11 is 0. The monoisotopic (exact) mass is 543 g/mol. The second kappa shape index (κ2) is 13.2. The molecule has 38 heavy (non-hydrogen) atoms. The zero-order chi connectivity index (χ0) is 27.9. The number of nitrogens with zero attached hydrogens (tertiary/aromatic N) is 3. The van der Waals surface area contributed by atoms with Gasteiger partial charge in [0, 0.05) is 24.8 Å². The number of imidazole rings is 1. The maximum atomic E-state index is 13.6. The summed E-state index contributed by atoms with van der Waals surface area (Å²) < 4.78 is 35.2. The van der Waals surface area contributed by atoms with Gasteiger partial charge in [-0.3, -0.25) is 8.98 Å². The maximum absolute atomic E-state index is 13.6. The number of hydrogen-bond donors (Lipinski definition) is 0. The minimum atomic E-state index is -3.52. The molecule has 3 aromatic rings. The molecule has 3 rings (SSSR count). The topological polar surface area (TPSA) is 90.2 Å². The van der Waals surface area contributed by atoms with Crippen LogP contribution in [0.25, 0.3) is 16.9 Å². The Morgan fingerprint density at radius 2 is 1.74 bits per heavy atom. The largest absolute Gasteiger partial charge is 0.497 e.